The monoisotopic (exact) mass is 248 g/mol. The molecule has 1 N–H and O–H groups in total. The number of rotatable bonds is 4. The summed E-state index contributed by atoms with van der Waals surface area (Å²) in [5, 5.41) is 6.97. The van der Waals surface area contributed by atoms with Gasteiger partial charge in [0.2, 0.25) is 5.82 Å². The fraction of sp³-hybridized carbons (Fsp3) is 0.769. The topological polar surface area (TPSA) is 61.9 Å². The second kappa shape index (κ2) is 4.71. The third-order valence-corrected chi connectivity index (χ3v) is 3.93. The molecule has 1 saturated heterocycles. The van der Waals surface area contributed by atoms with Crippen LogP contribution in [0.15, 0.2) is 0 Å². The third-order valence-electron chi connectivity index (χ3n) is 3.93. The van der Waals surface area contributed by atoms with Crippen LogP contribution in [0.5, 0.6) is 0 Å². The number of hydrogen-bond donors (Lipinski definition) is 1. The molecule has 2 aliphatic rings. The molecule has 98 valence electrons. The largest absolute Gasteiger partial charge is 0.336 e. The fourth-order valence-electron chi connectivity index (χ4n) is 2.71. The lowest BCUT2D eigenvalue weighted by Crippen LogP contribution is -2.29. The molecule has 5 heteroatoms. The molecule has 18 heavy (non-hydrogen) atoms. The molecule has 1 atom stereocenters. The van der Waals surface area contributed by atoms with Crippen molar-refractivity contribution in [3.8, 4) is 0 Å². The highest BCUT2D eigenvalue weighted by atomic mass is 16.2. The molecule has 1 saturated carbocycles. The quantitative estimate of drug-likeness (QED) is 0.885. The van der Waals surface area contributed by atoms with Crippen molar-refractivity contribution in [2.75, 3.05) is 13.1 Å². The highest BCUT2D eigenvalue weighted by molar-refractivity contribution is 5.90. The number of hydrogen-bond acceptors (Lipinski definition) is 3. The molecule has 2 fully saturated rings. The van der Waals surface area contributed by atoms with Crippen molar-refractivity contribution in [2.24, 2.45) is 5.92 Å². The summed E-state index contributed by atoms with van der Waals surface area (Å²) in [6, 6.07) is 0. The molecule has 1 amide bonds. The van der Waals surface area contributed by atoms with E-state index >= 15 is 0 Å². The fourth-order valence-corrected chi connectivity index (χ4v) is 2.71. The van der Waals surface area contributed by atoms with E-state index in [4.69, 9.17) is 0 Å². The minimum Gasteiger partial charge on any atom is -0.336 e. The molecule has 1 unspecified atom stereocenters. The minimum atomic E-state index is -0.00301. The van der Waals surface area contributed by atoms with Gasteiger partial charge in [-0.3, -0.25) is 9.89 Å². The minimum absolute atomic E-state index is 0.00301. The van der Waals surface area contributed by atoms with Gasteiger partial charge in [0.25, 0.3) is 5.91 Å². The number of nitrogens with zero attached hydrogens (tertiary/aromatic N) is 3. The molecule has 0 radical (unpaired) electrons. The van der Waals surface area contributed by atoms with E-state index in [0.29, 0.717) is 17.7 Å². The SMILES string of the molecule is CCCC1CCN(C(=O)c2n[nH]c(C3CC3)n2)C1. The molecule has 5 nitrogen and oxygen atoms in total. The van der Waals surface area contributed by atoms with Gasteiger partial charge in [-0.2, -0.15) is 0 Å². The first-order valence-corrected chi connectivity index (χ1v) is 6.99. The van der Waals surface area contributed by atoms with Crippen LogP contribution in [-0.2, 0) is 0 Å². The van der Waals surface area contributed by atoms with Gasteiger partial charge in [-0.05, 0) is 31.6 Å². The molecule has 0 bridgehead atoms. The standard InChI is InChI=1S/C13H20N4O/c1-2-3-9-6-7-17(8-9)13(18)12-14-11(15-16-12)10-4-5-10/h9-10H,2-8H2,1H3,(H,14,15,16). The predicted molar refractivity (Wildman–Crippen MR) is 67.3 cm³/mol. The maximum atomic E-state index is 12.2. The molecule has 1 aliphatic carbocycles. The number of amides is 1. The van der Waals surface area contributed by atoms with E-state index in [1.807, 2.05) is 4.90 Å². The number of nitrogens with one attached hydrogen (secondary N) is 1. The Hall–Kier alpha value is -1.39. The third kappa shape index (κ3) is 2.26. The van der Waals surface area contributed by atoms with Gasteiger partial charge in [0, 0.05) is 19.0 Å². The van der Waals surface area contributed by atoms with Gasteiger partial charge in [0.15, 0.2) is 0 Å². The van der Waals surface area contributed by atoms with E-state index in [0.717, 1.165) is 25.3 Å². The summed E-state index contributed by atoms with van der Waals surface area (Å²) in [7, 11) is 0. The van der Waals surface area contributed by atoms with Crippen molar-refractivity contribution >= 4 is 5.91 Å². The van der Waals surface area contributed by atoms with Crippen LogP contribution in [0.4, 0.5) is 0 Å². The van der Waals surface area contributed by atoms with Gasteiger partial charge in [0.1, 0.15) is 5.82 Å². The van der Waals surface area contributed by atoms with Crippen LogP contribution < -0.4 is 0 Å². The van der Waals surface area contributed by atoms with Crippen molar-refractivity contribution < 1.29 is 4.79 Å². The zero-order valence-electron chi connectivity index (χ0n) is 10.9. The van der Waals surface area contributed by atoms with Crippen LogP contribution in [0.3, 0.4) is 0 Å². The number of carbonyl (C=O) groups is 1. The Bertz CT molecular complexity index is 438. The second-order valence-corrected chi connectivity index (χ2v) is 5.51. The van der Waals surface area contributed by atoms with Gasteiger partial charge in [-0.1, -0.05) is 13.3 Å². The Balaban J connectivity index is 1.63. The first-order chi connectivity index (χ1) is 8.78. The van der Waals surface area contributed by atoms with Crippen LogP contribution in [0.2, 0.25) is 0 Å². The highest BCUT2D eigenvalue weighted by Gasteiger charge is 2.31. The maximum Gasteiger partial charge on any atom is 0.293 e. The smallest absolute Gasteiger partial charge is 0.293 e. The lowest BCUT2D eigenvalue weighted by molar-refractivity contribution is 0.0775. The number of aromatic nitrogens is 3. The maximum absolute atomic E-state index is 12.2. The van der Waals surface area contributed by atoms with Gasteiger partial charge in [-0.15, -0.1) is 5.10 Å². The predicted octanol–water partition coefficient (Wildman–Crippen LogP) is 1.94. The van der Waals surface area contributed by atoms with E-state index in [-0.39, 0.29) is 5.91 Å². The Morgan fingerprint density at radius 1 is 1.44 bits per heavy atom. The Morgan fingerprint density at radius 2 is 2.28 bits per heavy atom. The number of aromatic amines is 1. The summed E-state index contributed by atoms with van der Waals surface area (Å²) in [6.07, 6.45) is 5.87. The van der Waals surface area contributed by atoms with E-state index < -0.39 is 0 Å². The average Bonchev–Trinajstić information content (AvgIpc) is 2.93. The Morgan fingerprint density at radius 3 is 3.00 bits per heavy atom. The van der Waals surface area contributed by atoms with E-state index in [1.54, 1.807) is 0 Å². The average molecular weight is 248 g/mol. The van der Waals surface area contributed by atoms with Crippen molar-refractivity contribution in [1.29, 1.82) is 0 Å². The normalized spacial score (nSPS) is 23.6. The van der Waals surface area contributed by atoms with E-state index in [1.165, 1.54) is 25.7 Å². The summed E-state index contributed by atoms with van der Waals surface area (Å²) in [5.74, 6) is 2.43. The molecule has 0 spiro atoms. The van der Waals surface area contributed by atoms with Gasteiger partial charge >= 0.3 is 0 Å². The summed E-state index contributed by atoms with van der Waals surface area (Å²) in [5.41, 5.74) is 0. The number of likely N-dealkylation sites (tertiary alicyclic amines) is 1. The summed E-state index contributed by atoms with van der Waals surface area (Å²) < 4.78 is 0. The number of H-pyrrole nitrogens is 1. The molecular weight excluding hydrogens is 228 g/mol. The Labute approximate surface area is 107 Å². The zero-order valence-corrected chi connectivity index (χ0v) is 10.9. The van der Waals surface area contributed by atoms with Crippen molar-refractivity contribution in [3.63, 3.8) is 0 Å². The van der Waals surface area contributed by atoms with Crippen LogP contribution in [-0.4, -0.2) is 39.1 Å². The first-order valence-electron chi connectivity index (χ1n) is 6.99. The summed E-state index contributed by atoms with van der Waals surface area (Å²) in [6.45, 7) is 3.93. The van der Waals surface area contributed by atoms with E-state index in [9.17, 15) is 4.79 Å². The van der Waals surface area contributed by atoms with Crippen LogP contribution in [0.25, 0.3) is 0 Å². The molecule has 0 aromatic carbocycles. The molecule has 2 heterocycles. The Kier molecular flexibility index (Phi) is 3.06. The summed E-state index contributed by atoms with van der Waals surface area (Å²) >= 11 is 0. The first kappa shape index (κ1) is 11.7. The van der Waals surface area contributed by atoms with Crippen molar-refractivity contribution in [1.82, 2.24) is 20.1 Å². The lowest BCUT2D eigenvalue weighted by atomic mass is 10.0. The van der Waals surface area contributed by atoms with Gasteiger partial charge in [-0.25, -0.2) is 4.98 Å². The molecular formula is C13H20N4O. The van der Waals surface area contributed by atoms with Crippen molar-refractivity contribution in [2.45, 2.75) is 44.9 Å². The van der Waals surface area contributed by atoms with Crippen molar-refractivity contribution in [3.05, 3.63) is 11.6 Å². The summed E-state index contributed by atoms with van der Waals surface area (Å²) in [4.78, 5) is 18.5. The van der Waals surface area contributed by atoms with E-state index in [2.05, 4.69) is 22.1 Å². The molecule has 1 aliphatic heterocycles. The lowest BCUT2D eigenvalue weighted by Gasteiger charge is -2.14. The molecule has 1 aromatic rings. The molecule has 1 aromatic heterocycles. The molecule has 3 rings (SSSR count). The van der Waals surface area contributed by atoms with Crippen LogP contribution in [0, 0.1) is 5.92 Å². The second-order valence-electron chi connectivity index (χ2n) is 5.51. The zero-order chi connectivity index (χ0) is 12.5. The van der Waals surface area contributed by atoms with Crippen LogP contribution in [0.1, 0.15) is 61.4 Å². The van der Waals surface area contributed by atoms with Gasteiger partial charge in [0.05, 0.1) is 0 Å². The van der Waals surface area contributed by atoms with Crippen LogP contribution >= 0.6 is 0 Å². The van der Waals surface area contributed by atoms with Gasteiger partial charge < -0.3 is 4.90 Å². The highest BCUT2D eigenvalue weighted by Crippen LogP contribution is 2.37. The number of carbonyl (C=O) groups excluding carboxylic acids is 1.